The van der Waals surface area contributed by atoms with Crippen molar-refractivity contribution in [3.63, 3.8) is 0 Å². The van der Waals surface area contributed by atoms with Gasteiger partial charge in [-0.15, -0.1) is 0 Å². The SMILES string of the molecule is CCCCCc1ccc(C(=O)[C@H]2[C@H](C(=O)C(C)(C)C)N3c4ccc(Cl)cc4C=C[C@@H]3[C@]23C(=O)Nc2ccccc23)cc1. The number of aryl methyl sites for hydroxylation is 1. The normalized spacial score (nSPS) is 23.9. The van der Waals surface area contributed by atoms with E-state index in [4.69, 9.17) is 11.6 Å². The van der Waals surface area contributed by atoms with Gasteiger partial charge in [-0.05, 0) is 53.8 Å². The molecule has 6 rings (SSSR count). The van der Waals surface area contributed by atoms with E-state index in [1.807, 2.05) is 98.5 Å². The molecule has 42 heavy (non-hydrogen) atoms. The number of hydrogen-bond donors (Lipinski definition) is 1. The summed E-state index contributed by atoms with van der Waals surface area (Å²) in [5, 5.41) is 3.67. The number of ketones is 2. The zero-order valence-corrected chi connectivity index (χ0v) is 25.4. The summed E-state index contributed by atoms with van der Waals surface area (Å²) in [6.45, 7) is 7.83. The highest BCUT2D eigenvalue weighted by Crippen LogP contribution is 2.58. The molecule has 0 aliphatic carbocycles. The molecule has 0 unspecified atom stereocenters. The summed E-state index contributed by atoms with van der Waals surface area (Å²) in [6, 6.07) is 19.5. The molecule has 3 heterocycles. The molecule has 3 aromatic carbocycles. The van der Waals surface area contributed by atoms with Crippen LogP contribution in [0.3, 0.4) is 0 Å². The molecule has 1 N–H and O–H groups in total. The predicted molar refractivity (Wildman–Crippen MR) is 169 cm³/mol. The van der Waals surface area contributed by atoms with Gasteiger partial charge in [0.15, 0.2) is 11.6 Å². The summed E-state index contributed by atoms with van der Waals surface area (Å²) in [4.78, 5) is 45.8. The molecule has 1 saturated heterocycles. The lowest BCUT2D eigenvalue weighted by Crippen LogP contribution is -2.51. The summed E-state index contributed by atoms with van der Waals surface area (Å²) < 4.78 is 0. The van der Waals surface area contributed by atoms with Crippen molar-refractivity contribution >= 4 is 46.5 Å². The van der Waals surface area contributed by atoms with Gasteiger partial charge in [-0.3, -0.25) is 14.4 Å². The van der Waals surface area contributed by atoms with Crippen LogP contribution in [0.25, 0.3) is 6.08 Å². The molecule has 6 heteroatoms. The van der Waals surface area contributed by atoms with Crippen LogP contribution in [0.2, 0.25) is 5.02 Å². The topological polar surface area (TPSA) is 66.5 Å². The van der Waals surface area contributed by atoms with Crippen molar-refractivity contribution in [3.8, 4) is 0 Å². The summed E-state index contributed by atoms with van der Waals surface area (Å²) in [5.74, 6) is -1.47. The van der Waals surface area contributed by atoms with Gasteiger partial charge in [0.1, 0.15) is 11.5 Å². The van der Waals surface area contributed by atoms with Crippen LogP contribution >= 0.6 is 11.6 Å². The van der Waals surface area contributed by atoms with Crippen molar-refractivity contribution in [1.29, 1.82) is 0 Å². The first kappa shape index (κ1) is 28.4. The lowest BCUT2D eigenvalue weighted by atomic mass is 9.63. The van der Waals surface area contributed by atoms with Crippen LogP contribution in [-0.2, 0) is 21.4 Å². The summed E-state index contributed by atoms with van der Waals surface area (Å²) >= 11 is 6.38. The molecule has 0 bridgehead atoms. The van der Waals surface area contributed by atoms with E-state index in [0.29, 0.717) is 16.3 Å². The average Bonchev–Trinajstić information content (AvgIpc) is 3.44. The molecule has 1 spiro atoms. The minimum atomic E-state index is -1.30. The fraction of sp³-hybridized carbons (Fsp3) is 0.361. The number of Topliss-reactive ketones (excluding diaryl/α,β-unsaturated/α-hetero) is 2. The molecule has 0 aromatic heterocycles. The van der Waals surface area contributed by atoms with Gasteiger partial charge in [-0.25, -0.2) is 0 Å². The number of benzene rings is 3. The zero-order valence-electron chi connectivity index (χ0n) is 24.6. The highest BCUT2D eigenvalue weighted by Gasteiger charge is 2.70. The number of nitrogens with zero attached hydrogens (tertiary/aromatic N) is 1. The van der Waals surface area contributed by atoms with Crippen LogP contribution in [0.15, 0.2) is 72.8 Å². The van der Waals surface area contributed by atoms with Crippen molar-refractivity contribution in [1.82, 2.24) is 0 Å². The highest BCUT2D eigenvalue weighted by atomic mass is 35.5. The first-order chi connectivity index (χ1) is 20.1. The van der Waals surface area contributed by atoms with Crippen molar-refractivity contribution in [2.24, 2.45) is 11.3 Å². The lowest BCUT2D eigenvalue weighted by molar-refractivity contribution is -0.128. The van der Waals surface area contributed by atoms with E-state index in [9.17, 15) is 14.4 Å². The predicted octanol–water partition coefficient (Wildman–Crippen LogP) is 7.66. The number of anilines is 2. The second kappa shape index (κ2) is 10.5. The Kier molecular flexibility index (Phi) is 7.13. The summed E-state index contributed by atoms with van der Waals surface area (Å²) in [7, 11) is 0. The number of halogens is 1. The summed E-state index contributed by atoms with van der Waals surface area (Å²) in [5.41, 5.74) is 2.74. The van der Waals surface area contributed by atoms with Crippen LogP contribution in [0.1, 0.15) is 74.0 Å². The molecule has 3 aliphatic heterocycles. The van der Waals surface area contributed by atoms with Gasteiger partial charge >= 0.3 is 0 Å². The molecule has 5 nitrogen and oxygen atoms in total. The maximum Gasteiger partial charge on any atom is 0.238 e. The average molecular weight is 581 g/mol. The van der Waals surface area contributed by atoms with Crippen LogP contribution in [0.5, 0.6) is 0 Å². The molecular formula is C36H37ClN2O3. The van der Waals surface area contributed by atoms with Crippen molar-refractivity contribution < 1.29 is 14.4 Å². The summed E-state index contributed by atoms with van der Waals surface area (Å²) in [6.07, 6.45) is 8.31. The third kappa shape index (κ3) is 4.32. The Morgan fingerprint density at radius 3 is 2.45 bits per heavy atom. The zero-order chi connectivity index (χ0) is 29.8. The van der Waals surface area contributed by atoms with E-state index in [-0.39, 0.29) is 17.5 Å². The fourth-order valence-corrected chi connectivity index (χ4v) is 7.37. The number of hydrogen-bond acceptors (Lipinski definition) is 4. The largest absolute Gasteiger partial charge is 0.352 e. The molecular weight excluding hydrogens is 544 g/mol. The minimum absolute atomic E-state index is 0.0766. The monoisotopic (exact) mass is 580 g/mol. The second-order valence-corrected chi connectivity index (χ2v) is 13.3. The molecule has 0 radical (unpaired) electrons. The van der Waals surface area contributed by atoms with Crippen LogP contribution < -0.4 is 10.2 Å². The number of unbranched alkanes of at least 4 members (excludes halogenated alkanes) is 2. The molecule has 1 fully saturated rings. The van der Waals surface area contributed by atoms with Crippen LogP contribution in [-0.4, -0.2) is 29.6 Å². The van der Waals surface area contributed by atoms with Gasteiger partial charge in [0, 0.05) is 27.4 Å². The Morgan fingerprint density at radius 2 is 1.74 bits per heavy atom. The number of carbonyl (C=O) groups is 3. The molecule has 3 aromatic rings. The molecule has 1 amide bonds. The maximum atomic E-state index is 14.9. The first-order valence-corrected chi connectivity index (χ1v) is 15.3. The molecule has 0 saturated carbocycles. The Morgan fingerprint density at radius 1 is 1.00 bits per heavy atom. The number of amides is 1. The number of fused-ring (bicyclic) bond motifs is 6. The van der Waals surface area contributed by atoms with Crippen LogP contribution in [0.4, 0.5) is 11.4 Å². The van der Waals surface area contributed by atoms with Crippen molar-refractivity contribution in [2.45, 2.75) is 70.9 Å². The first-order valence-electron chi connectivity index (χ1n) is 14.9. The van der Waals surface area contributed by atoms with Crippen molar-refractivity contribution in [2.75, 3.05) is 10.2 Å². The number of nitrogens with one attached hydrogen (secondary N) is 1. The number of carbonyl (C=O) groups excluding carboxylic acids is 3. The second-order valence-electron chi connectivity index (χ2n) is 12.8. The van der Waals surface area contributed by atoms with Gasteiger partial charge in [-0.2, -0.15) is 0 Å². The maximum absolute atomic E-state index is 14.9. The van der Waals surface area contributed by atoms with E-state index >= 15 is 0 Å². The molecule has 3 aliphatic rings. The Bertz CT molecular complexity index is 1600. The standard InChI is InChI=1S/C36H37ClN2O3/c1-5-6-7-10-22-13-15-23(16-14-22)32(40)30-31(33(41)35(2,3)4)39-28-19-18-25(37)21-24(28)17-20-29(39)36(30)26-11-8-9-12-27(26)38-34(36)42/h8-9,11-21,29-31H,5-7,10H2,1-4H3,(H,38,42)/t29-,30-,31-,36+/m1/s1. The minimum Gasteiger partial charge on any atom is -0.352 e. The van der Waals surface area contributed by atoms with E-state index in [1.54, 1.807) is 6.07 Å². The number of para-hydroxylation sites is 1. The highest BCUT2D eigenvalue weighted by molar-refractivity contribution is 6.31. The van der Waals surface area contributed by atoms with Gasteiger partial charge in [-0.1, -0.05) is 107 Å². The van der Waals surface area contributed by atoms with Gasteiger partial charge in [0.05, 0.1) is 12.0 Å². The van der Waals surface area contributed by atoms with E-state index in [0.717, 1.165) is 42.5 Å². The third-order valence-electron chi connectivity index (χ3n) is 9.19. The smallest absolute Gasteiger partial charge is 0.238 e. The molecule has 216 valence electrons. The van der Waals surface area contributed by atoms with E-state index in [1.165, 1.54) is 5.56 Å². The number of rotatable bonds is 7. The van der Waals surface area contributed by atoms with Crippen molar-refractivity contribution in [3.05, 3.63) is 100 Å². The van der Waals surface area contributed by atoms with Gasteiger partial charge in [0.25, 0.3) is 0 Å². The van der Waals surface area contributed by atoms with Gasteiger partial charge in [0.2, 0.25) is 5.91 Å². The Balaban J connectivity index is 1.57. The van der Waals surface area contributed by atoms with E-state index in [2.05, 4.69) is 12.2 Å². The van der Waals surface area contributed by atoms with E-state index < -0.39 is 28.8 Å². The molecule has 4 atom stereocenters. The quantitative estimate of drug-likeness (QED) is 0.230. The lowest BCUT2D eigenvalue weighted by Gasteiger charge is -2.38. The van der Waals surface area contributed by atoms with Crippen LogP contribution in [0, 0.1) is 11.3 Å². The third-order valence-corrected chi connectivity index (χ3v) is 9.43. The van der Waals surface area contributed by atoms with Gasteiger partial charge < -0.3 is 10.2 Å². The Hall–Kier alpha value is -3.70. The Labute approximate surface area is 253 Å². The fourth-order valence-electron chi connectivity index (χ4n) is 7.19.